The number of para-hydroxylation sites is 1. The fourth-order valence-corrected chi connectivity index (χ4v) is 3.02. The van der Waals surface area contributed by atoms with Crippen LogP contribution in [0.3, 0.4) is 0 Å². The lowest BCUT2D eigenvalue weighted by Crippen LogP contribution is -2.29. The summed E-state index contributed by atoms with van der Waals surface area (Å²) in [7, 11) is 0. The molecule has 0 unspecified atom stereocenters. The van der Waals surface area contributed by atoms with E-state index in [1.807, 2.05) is 26.0 Å². The Morgan fingerprint density at radius 1 is 1.21 bits per heavy atom. The quantitative estimate of drug-likeness (QED) is 0.786. The van der Waals surface area contributed by atoms with Crippen molar-refractivity contribution in [2.24, 2.45) is 0 Å². The highest BCUT2D eigenvalue weighted by molar-refractivity contribution is 5.78. The Bertz CT molecular complexity index is 971. The van der Waals surface area contributed by atoms with Crippen LogP contribution in [-0.2, 0) is 17.4 Å². The van der Waals surface area contributed by atoms with E-state index in [-0.39, 0.29) is 24.3 Å². The number of amides is 1. The molecule has 0 atom stereocenters. The predicted octanol–water partition coefficient (Wildman–Crippen LogP) is 3.97. The number of hydrogen-bond acceptors (Lipinski definition) is 3. The maximum absolute atomic E-state index is 12.9. The van der Waals surface area contributed by atoms with Gasteiger partial charge < -0.3 is 14.8 Å². The first kappa shape index (κ1) is 20.6. The number of fused-ring (bicyclic) bond motifs is 1. The number of carbonyl (C=O) groups excluding carboxylic acids is 1. The lowest BCUT2D eigenvalue weighted by Gasteiger charge is -2.18. The van der Waals surface area contributed by atoms with Gasteiger partial charge in [0.2, 0.25) is 0 Å². The molecule has 0 aliphatic carbocycles. The Morgan fingerprint density at radius 2 is 1.97 bits per heavy atom. The van der Waals surface area contributed by atoms with Gasteiger partial charge in [-0.25, -0.2) is 0 Å². The summed E-state index contributed by atoms with van der Waals surface area (Å²) in [6.45, 7) is 3.60. The van der Waals surface area contributed by atoms with Crippen molar-refractivity contribution in [1.29, 1.82) is 0 Å². The summed E-state index contributed by atoms with van der Waals surface area (Å²) in [5, 5.41) is 2.51. The Morgan fingerprint density at radius 3 is 2.72 bits per heavy atom. The summed E-state index contributed by atoms with van der Waals surface area (Å²) in [4.78, 5) is 12.0. The maximum atomic E-state index is 12.9. The predicted molar refractivity (Wildman–Crippen MR) is 102 cm³/mol. The summed E-state index contributed by atoms with van der Waals surface area (Å²) in [6, 6.07) is 10.6. The molecule has 7 heteroatoms. The molecule has 0 aromatic heterocycles. The average Bonchev–Trinajstić information content (AvgIpc) is 2.97. The maximum Gasteiger partial charge on any atom is 0.417 e. The van der Waals surface area contributed by atoms with Crippen molar-refractivity contribution in [2.75, 3.05) is 13.2 Å². The summed E-state index contributed by atoms with van der Waals surface area (Å²) >= 11 is 0. The normalized spacial score (nSPS) is 14.2. The van der Waals surface area contributed by atoms with Gasteiger partial charge in [0.15, 0.2) is 18.1 Å². The molecule has 2 aromatic carbocycles. The van der Waals surface area contributed by atoms with Crippen LogP contribution in [0.1, 0.15) is 30.5 Å². The van der Waals surface area contributed by atoms with Gasteiger partial charge in [-0.15, -0.1) is 0 Å². The highest BCUT2D eigenvalue weighted by Gasteiger charge is 2.33. The molecule has 0 spiro atoms. The van der Waals surface area contributed by atoms with Crippen LogP contribution in [0.2, 0.25) is 0 Å². The second-order valence-electron chi connectivity index (χ2n) is 7.19. The zero-order valence-corrected chi connectivity index (χ0v) is 16.0. The molecule has 0 radical (unpaired) electrons. The number of nitrogens with one attached hydrogen (secondary N) is 1. The number of hydrogen-bond donors (Lipinski definition) is 1. The van der Waals surface area contributed by atoms with Crippen LogP contribution < -0.4 is 14.8 Å². The number of benzene rings is 2. The van der Waals surface area contributed by atoms with Crippen molar-refractivity contribution in [3.8, 4) is 23.3 Å². The second kappa shape index (κ2) is 8.08. The zero-order chi connectivity index (χ0) is 21.1. The Balaban J connectivity index is 1.54. The minimum absolute atomic E-state index is 0.0924. The fourth-order valence-electron chi connectivity index (χ4n) is 3.02. The molecule has 4 nitrogen and oxygen atoms in total. The standard InChI is InChI=1S/C22H20F3NO3/c1-21(2)13-16-8-5-11-18(20(16)29-21)28-14-19(27)26-12-6-9-15-7-3-4-10-17(15)22(23,24)25/h3-5,7-8,10-11H,12-14H2,1-2H3,(H,26,27). The number of halogens is 3. The van der Waals surface area contributed by atoms with Gasteiger partial charge in [0.1, 0.15) is 5.60 Å². The Kier molecular flexibility index (Phi) is 5.73. The average molecular weight is 403 g/mol. The second-order valence-corrected chi connectivity index (χ2v) is 7.19. The summed E-state index contributed by atoms with van der Waals surface area (Å²) in [5.41, 5.74) is -0.248. The van der Waals surface area contributed by atoms with Crippen LogP contribution in [0.5, 0.6) is 11.5 Å². The molecular formula is C22H20F3NO3. The van der Waals surface area contributed by atoms with Gasteiger partial charge in [0.25, 0.3) is 5.91 Å². The van der Waals surface area contributed by atoms with E-state index in [4.69, 9.17) is 9.47 Å². The molecule has 0 saturated heterocycles. The fraction of sp³-hybridized carbons (Fsp3) is 0.318. The van der Waals surface area contributed by atoms with E-state index >= 15 is 0 Å². The monoisotopic (exact) mass is 403 g/mol. The number of alkyl halides is 3. The molecule has 3 rings (SSSR count). The minimum atomic E-state index is -4.48. The first-order valence-corrected chi connectivity index (χ1v) is 9.01. The van der Waals surface area contributed by atoms with Gasteiger partial charge in [0.05, 0.1) is 12.1 Å². The van der Waals surface area contributed by atoms with E-state index in [9.17, 15) is 18.0 Å². The van der Waals surface area contributed by atoms with E-state index in [2.05, 4.69) is 17.2 Å². The smallest absolute Gasteiger partial charge is 0.417 e. The molecule has 1 aliphatic heterocycles. The number of ether oxygens (including phenoxy) is 2. The molecule has 0 saturated carbocycles. The highest BCUT2D eigenvalue weighted by Crippen LogP contribution is 2.41. The van der Waals surface area contributed by atoms with Gasteiger partial charge >= 0.3 is 6.18 Å². The molecule has 1 amide bonds. The van der Waals surface area contributed by atoms with Gasteiger partial charge in [-0.05, 0) is 32.0 Å². The summed E-state index contributed by atoms with van der Waals surface area (Å²) in [5.74, 6) is 5.66. The summed E-state index contributed by atoms with van der Waals surface area (Å²) < 4.78 is 50.2. The van der Waals surface area contributed by atoms with E-state index in [0.717, 1.165) is 18.1 Å². The third-order valence-corrected chi connectivity index (χ3v) is 4.24. The molecule has 2 aromatic rings. The third-order valence-electron chi connectivity index (χ3n) is 4.24. The molecule has 0 bridgehead atoms. The summed E-state index contributed by atoms with van der Waals surface area (Å²) in [6.07, 6.45) is -3.73. The van der Waals surface area contributed by atoms with Crippen LogP contribution in [0, 0.1) is 11.8 Å². The zero-order valence-electron chi connectivity index (χ0n) is 16.0. The van der Waals surface area contributed by atoms with Crippen molar-refractivity contribution in [3.63, 3.8) is 0 Å². The molecule has 1 aliphatic rings. The van der Waals surface area contributed by atoms with Gasteiger partial charge in [-0.1, -0.05) is 36.1 Å². The molecule has 1 N–H and O–H groups in total. The van der Waals surface area contributed by atoms with E-state index in [1.54, 1.807) is 6.07 Å². The van der Waals surface area contributed by atoms with Crippen LogP contribution in [0.25, 0.3) is 0 Å². The molecule has 0 fully saturated rings. The van der Waals surface area contributed by atoms with Crippen molar-refractivity contribution >= 4 is 5.91 Å². The van der Waals surface area contributed by atoms with E-state index in [1.165, 1.54) is 18.2 Å². The van der Waals surface area contributed by atoms with Gasteiger partial charge in [0, 0.05) is 17.5 Å². The highest BCUT2D eigenvalue weighted by atomic mass is 19.4. The lowest BCUT2D eigenvalue weighted by molar-refractivity contribution is -0.137. The molecular weight excluding hydrogens is 383 g/mol. The Labute approximate surface area is 167 Å². The van der Waals surface area contributed by atoms with Crippen LogP contribution >= 0.6 is 0 Å². The van der Waals surface area contributed by atoms with E-state index in [0.29, 0.717) is 11.5 Å². The van der Waals surface area contributed by atoms with Crippen LogP contribution in [-0.4, -0.2) is 24.7 Å². The first-order valence-electron chi connectivity index (χ1n) is 9.01. The SMILES string of the molecule is CC1(C)Cc2cccc(OCC(=O)NCC#Cc3ccccc3C(F)(F)F)c2O1. The minimum Gasteiger partial charge on any atom is -0.483 e. The van der Waals surface area contributed by atoms with Crippen molar-refractivity contribution in [3.05, 3.63) is 59.2 Å². The number of rotatable bonds is 4. The first-order chi connectivity index (χ1) is 13.7. The Hall–Kier alpha value is -3.14. The molecule has 29 heavy (non-hydrogen) atoms. The van der Waals surface area contributed by atoms with E-state index < -0.39 is 17.6 Å². The van der Waals surface area contributed by atoms with Crippen LogP contribution in [0.15, 0.2) is 42.5 Å². The van der Waals surface area contributed by atoms with Crippen LogP contribution in [0.4, 0.5) is 13.2 Å². The van der Waals surface area contributed by atoms with Gasteiger partial charge in [-0.2, -0.15) is 13.2 Å². The number of carbonyl (C=O) groups is 1. The van der Waals surface area contributed by atoms with Gasteiger partial charge in [-0.3, -0.25) is 4.79 Å². The molecule has 1 heterocycles. The lowest BCUT2D eigenvalue weighted by atomic mass is 10.0. The largest absolute Gasteiger partial charge is 0.483 e. The van der Waals surface area contributed by atoms with Crippen molar-refractivity contribution in [2.45, 2.75) is 32.0 Å². The molecule has 152 valence electrons. The topological polar surface area (TPSA) is 47.6 Å². The third kappa shape index (κ3) is 5.23. The van der Waals surface area contributed by atoms with Crippen molar-refractivity contribution < 1.29 is 27.4 Å². The van der Waals surface area contributed by atoms with Crippen molar-refractivity contribution in [1.82, 2.24) is 5.32 Å².